The van der Waals surface area contributed by atoms with Gasteiger partial charge in [-0.25, -0.2) is 0 Å². The van der Waals surface area contributed by atoms with Gasteiger partial charge in [0.1, 0.15) is 0 Å². The largest absolute Gasteiger partial charge is 0.341 e. The SMILES string of the molecule is CC1(C)CN(C(=O)C2CSc3ccccc32)CCC1N. The maximum Gasteiger partial charge on any atom is 0.231 e. The van der Waals surface area contributed by atoms with E-state index in [4.69, 9.17) is 5.73 Å². The van der Waals surface area contributed by atoms with Crippen molar-refractivity contribution in [1.82, 2.24) is 4.90 Å². The summed E-state index contributed by atoms with van der Waals surface area (Å²) in [6.07, 6.45) is 0.903. The quantitative estimate of drug-likeness (QED) is 0.864. The van der Waals surface area contributed by atoms with Crippen molar-refractivity contribution in [2.75, 3.05) is 18.8 Å². The molecule has 2 heterocycles. The lowest BCUT2D eigenvalue weighted by molar-refractivity contribution is -0.135. The summed E-state index contributed by atoms with van der Waals surface area (Å²) in [5, 5.41) is 0. The van der Waals surface area contributed by atoms with E-state index in [1.165, 1.54) is 10.5 Å². The molecule has 0 aromatic heterocycles. The third kappa shape index (κ3) is 2.35. The van der Waals surface area contributed by atoms with E-state index in [0.29, 0.717) is 0 Å². The molecule has 0 bridgehead atoms. The number of rotatable bonds is 1. The first-order chi connectivity index (χ1) is 9.49. The fraction of sp³-hybridized carbons (Fsp3) is 0.562. The zero-order valence-corrected chi connectivity index (χ0v) is 13.0. The van der Waals surface area contributed by atoms with E-state index >= 15 is 0 Å². The van der Waals surface area contributed by atoms with Gasteiger partial charge in [-0.1, -0.05) is 32.0 Å². The van der Waals surface area contributed by atoms with Crippen LogP contribution in [0.5, 0.6) is 0 Å². The molecule has 1 saturated heterocycles. The van der Waals surface area contributed by atoms with E-state index in [0.717, 1.165) is 25.3 Å². The van der Waals surface area contributed by atoms with Gasteiger partial charge in [-0.2, -0.15) is 0 Å². The molecule has 0 aliphatic carbocycles. The summed E-state index contributed by atoms with van der Waals surface area (Å²) >= 11 is 1.80. The Morgan fingerprint density at radius 1 is 1.40 bits per heavy atom. The zero-order chi connectivity index (χ0) is 14.3. The van der Waals surface area contributed by atoms with Crippen molar-refractivity contribution in [3.05, 3.63) is 29.8 Å². The minimum atomic E-state index is 0.0131. The van der Waals surface area contributed by atoms with Crippen molar-refractivity contribution in [3.63, 3.8) is 0 Å². The van der Waals surface area contributed by atoms with E-state index in [1.807, 2.05) is 17.0 Å². The third-order valence-corrected chi connectivity index (χ3v) is 5.80. The van der Waals surface area contributed by atoms with Crippen LogP contribution in [0.2, 0.25) is 0 Å². The van der Waals surface area contributed by atoms with Crippen LogP contribution in [0.4, 0.5) is 0 Å². The summed E-state index contributed by atoms with van der Waals surface area (Å²) in [5.41, 5.74) is 7.38. The van der Waals surface area contributed by atoms with Crippen LogP contribution in [0.1, 0.15) is 31.7 Å². The summed E-state index contributed by atoms with van der Waals surface area (Å²) in [5.74, 6) is 1.19. The minimum absolute atomic E-state index is 0.0131. The van der Waals surface area contributed by atoms with Crippen LogP contribution in [-0.4, -0.2) is 35.7 Å². The molecule has 20 heavy (non-hydrogen) atoms. The molecule has 4 heteroatoms. The Kier molecular flexibility index (Phi) is 3.55. The fourth-order valence-corrected chi connectivity index (χ4v) is 4.37. The molecule has 1 aromatic carbocycles. The molecular weight excluding hydrogens is 268 g/mol. The van der Waals surface area contributed by atoms with Gasteiger partial charge in [0.2, 0.25) is 5.91 Å². The molecule has 1 amide bonds. The number of likely N-dealkylation sites (tertiary alicyclic amines) is 1. The minimum Gasteiger partial charge on any atom is -0.341 e. The van der Waals surface area contributed by atoms with E-state index in [-0.39, 0.29) is 23.3 Å². The molecule has 1 aromatic rings. The number of amides is 1. The van der Waals surface area contributed by atoms with Crippen LogP contribution >= 0.6 is 11.8 Å². The van der Waals surface area contributed by atoms with Gasteiger partial charge in [0.15, 0.2) is 0 Å². The summed E-state index contributed by atoms with van der Waals surface area (Å²) in [6, 6.07) is 8.47. The molecular formula is C16H22N2OS. The number of carbonyl (C=O) groups is 1. The van der Waals surface area contributed by atoms with Crippen molar-refractivity contribution >= 4 is 17.7 Å². The lowest BCUT2D eigenvalue weighted by atomic mass is 9.79. The summed E-state index contributed by atoms with van der Waals surface area (Å²) in [4.78, 5) is 16.1. The van der Waals surface area contributed by atoms with Gasteiger partial charge in [-0.15, -0.1) is 11.8 Å². The van der Waals surface area contributed by atoms with Gasteiger partial charge >= 0.3 is 0 Å². The van der Waals surface area contributed by atoms with Crippen LogP contribution in [0.15, 0.2) is 29.2 Å². The Morgan fingerprint density at radius 3 is 2.90 bits per heavy atom. The van der Waals surface area contributed by atoms with Gasteiger partial charge in [0, 0.05) is 29.8 Å². The predicted molar refractivity (Wildman–Crippen MR) is 82.9 cm³/mol. The second-order valence-electron chi connectivity index (χ2n) is 6.54. The van der Waals surface area contributed by atoms with Crippen LogP contribution in [0.25, 0.3) is 0 Å². The zero-order valence-electron chi connectivity index (χ0n) is 12.1. The van der Waals surface area contributed by atoms with Crippen LogP contribution < -0.4 is 5.73 Å². The first kappa shape index (κ1) is 14.0. The molecule has 3 nitrogen and oxygen atoms in total. The first-order valence-corrected chi connectivity index (χ1v) is 8.24. The highest BCUT2D eigenvalue weighted by Gasteiger charge is 2.39. The second kappa shape index (κ2) is 5.08. The normalized spacial score (nSPS) is 28.2. The molecule has 2 atom stereocenters. The molecule has 3 rings (SSSR count). The molecule has 2 N–H and O–H groups in total. The average molecular weight is 290 g/mol. The standard InChI is InChI=1S/C16H22N2OS/c1-16(2)10-18(8-7-14(16)17)15(19)12-9-20-13-6-4-3-5-11(12)13/h3-6,12,14H,7-10,17H2,1-2H3. The lowest BCUT2D eigenvalue weighted by Gasteiger charge is -2.43. The Hall–Kier alpha value is -1.00. The number of hydrogen-bond acceptors (Lipinski definition) is 3. The Balaban J connectivity index is 1.78. The average Bonchev–Trinajstić information content (AvgIpc) is 2.85. The molecule has 0 spiro atoms. The number of nitrogens with zero attached hydrogens (tertiary/aromatic N) is 1. The predicted octanol–water partition coefficient (Wildman–Crippen LogP) is 2.46. The third-order valence-electron chi connectivity index (χ3n) is 4.62. The number of nitrogens with two attached hydrogens (primary N) is 1. The van der Waals surface area contributed by atoms with Crippen LogP contribution in [-0.2, 0) is 4.79 Å². The Labute approximate surface area is 124 Å². The smallest absolute Gasteiger partial charge is 0.231 e. The maximum absolute atomic E-state index is 12.8. The molecule has 2 unspecified atom stereocenters. The number of fused-ring (bicyclic) bond motifs is 1. The molecule has 108 valence electrons. The van der Waals surface area contributed by atoms with Gasteiger partial charge in [0.05, 0.1) is 5.92 Å². The monoisotopic (exact) mass is 290 g/mol. The maximum atomic E-state index is 12.8. The molecule has 0 radical (unpaired) electrons. The second-order valence-corrected chi connectivity index (χ2v) is 7.61. The molecule has 0 saturated carbocycles. The lowest BCUT2D eigenvalue weighted by Crippen LogP contribution is -2.54. The molecule has 1 fully saturated rings. The van der Waals surface area contributed by atoms with E-state index in [9.17, 15) is 4.79 Å². The summed E-state index contributed by atoms with van der Waals surface area (Å²) in [7, 11) is 0. The topological polar surface area (TPSA) is 46.3 Å². The van der Waals surface area contributed by atoms with Crippen molar-refractivity contribution in [3.8, 4) is 0 Å². The van der Waals surface area contributed by atoms with Crippen molar-refractivity contribution in [2.45, 2.75) is 37.1 Å². The Bertz CT molecular complexity index is 529. The highest BCUT2D eigenvalue weighted by Crippen LogP contribution is 2.41. The summed E-state index contributed by atoms with van der Waals surface area (Å²) < 4.78 is 0. The van der Waals surface area contributed by atoms with Gasteiger partial charge in [-0.3, -0.25) is 4.79 Å². The summed E-state index contributed by atoms with van der Waals surface area (Å²) in [6.45, 7) is 5.89. The number of carbonyl (C=O) groups excluding carboxylic acids is 1. The van der Waals surface area contributed by atoms with Crippen molar-refractivity contribution in [2.24, 2.45) is 11.1 Å². The van der Waals surface area contributed by atoms with Gasteiger partial charge in [-0.05, 0) is 23.5 Å². The first-order valence-electron chi connectivity index (χ1n) is 7.25. The number of benzene rings is 1. The van der Waals surface area contributed by atoms with Gasteiger partial charge in [0.25, 0.3) is 0 Å². The highest BCUT2D eigenvalue weighted by molar-refractivity contribution is 7.99. The van der Waals surface area contributed by atoms with Crippen molar-refractivity contribution in [1.29, 1.82) is 0 Å². The van der Waals surface area contributed by atoms with Crippen molar-refractivity contribution < 1.29 is 4.79 Å². The number of hydrogen-bond donors (Lipinski definition) is 1. The van der Waals surface area contributed by atoms with Crippen LogP contribution in [0, 0.1) is 5.41 Å². The number of thioether (sulfide) groups is 1. The molecule has 2 aliphatic heterocycles. The van der Waals surface area contributed by atoms with Gasteiger partial charge < -0.3 is 10.6 Å². The molecule has 2 aliphatic rings. The number of piperidine rings is 1. The fourth-order valence-electron chi connectivity index (χ4n) is 3.15. The van der Waals surface area contributed by atoms with E-state index in [2.05, 4.69) is 26.0 Å². The van der Waals surface area contributed by atoms with E-state index < -0.39 is 0 Å². The Morgan fingerprint density at radius 2 is 2.15 bits per heavy atom. The van der Waals surface area contributed by atoms with Crippen LogP contribution in [0.3, 0.4) is 0 Å². The highest BCUT2D eigenvalue weighted by atomic mass is 32.2. The van der Waals surface area contributed by atoms with E-state index in [1.54, 1.807) is 11.8 Å².